The van der Waals surface area contributed by atoms with Crippen LogP contribution in [0.5, 0.6) is 0 Å². The van der Waals surface area contributed by atoms with Crippen molar-refractivity contribution in [2.24, 2.45) is 11.8 Å². The van der Waals surface area contributed by atoms with Gasteiger partial charge >= 0.3 is 5.97 Å². The van der Waals surface area contributed by atoms with Gasteiger partial charge in [-0.3, -0.25) is 14.4 Å². The number of carboxylic acids is 1. The van der Waals surface area contributed by atoms with Crippen molar-refractivity contribution < 1.29 is 23.9 Å². The highest BCUT2D eigenvalue weighted by molar-refractivity contribution is 5.96. The number of furan rings is 1. The second-order valence-corrected chi connectivity index (χ2v) is 8.65. The van der Waals surface area contributed by atoms with Gasteiger partial charge in [0.15, 0.2) is 0 Å². The summed E-state index contributed by atoms with van der Waals surface area (Å²) in [4.78, 5) is 37.6. The lowest BCUT2D eigenvalue weighted by atomic mass is 9.96. The van der Waals surface area contributed by atoms with Crippen LogP contribution in [0.1, 0.15) is 60.4 Å². The van der Waals surface area contributed by atoms with E-state index in [-0.39, 0.29) is 17.7 Å². The quantitative estimate of drug-likeness (QED) is 0.702. The van der Waals surface area contributed by atoms with Gasteiger partial charge in [-0.15, -0.1) is 0 Å². The van der Waals surface area contributed by atoms with E-state index in [1.54, 1.807) is 29.2 Å². The first kappa shape index (κ1) is 21.2. The number of amides is 2. The third kappa shape index (κ3) is 5.16. The number of nitrogens with zero attached hydrogens (tertiary/aromatic N) is 1. The van der Waals surface area contributed by atoms with E-state index in [0.29, 0.717) is 61.9 Å². The van der Waals surface area contributed by atoms with Crippen molar-refractivity contribution in [2.75, 3.05) is 18.4 Å². The number of likely N-dealkylation sites (tertiary alicyclic amines) is 1. The van der Waals surface area contributed by atoms with Gasteiger partial charge in [0.1, 0.15) is 11.5 Å². The van der Waals surface area contributed by atoms with Crippen molar-refractivity contribution in [3.63, 3.8) is 0 Å². The smallest absolute Gasteiger partial charge is 0.306 e. The molecule has 2 amide bonds. The summed E-state index contributed by atoms with van der Waals surface area (Å²) in [5.41, 5.74) is 1.17. The molecule has 2 heterocycles. The molecule has 31 heavy (non-hydrogen) atoms. The van der Waals surface area contributed by atoms with Crippen molar-refractivity contribution in [1.82, 2.24) is 4.90 Å². The molecule has 2 unspecified atom stereocenters. The summed E-state index contributed by atoms with van der Waals surface area (Å²) in [6.45, 7) is 3.10. The van der Waals surface area contributed by atoms with Crippen LogP contribution in [0.2, 0.25) is 0 Å². The molecule has 1 saturated heterocycles. The van der Waals surface area contributed by atoms with Crippen LogP contribution in [0.4, 0.5) is 5.69 Å². The Morgan fingerprint density at radius 2 is 1.77 bits per heavy atom. The van der Waals surface area contributed by atoms with Gasteiger partial charge in [0, 0.05) is 43.1 Å². The molecular weight excluding hydrogens is 396 g/mol. The molecule has 164 valence electrons. The monoisotopic (exact) mass is 424 g/mol. The van der Waals surface area contributed by atoms with Crippen molar-refractivity contribution in [3.05, 3.63) is 53.5 Å². The Kier molecular flexibility index (Phi) is 6.11. The highest BCUT2D eigenvalue weighted by Crippen LogP contribution is 2.47. The van der Waals surface area contributed by atoms with Crippen LogP contribution in [0.3, 0.4) is 0 Å². The van der Waals surface area contributed by atoms with Gasteiger partial charge in [-0.1, -0.05) is 6.92 Å². The van der Waals surface area contributed by atoms with Crippen molar-refractivity contribution in [3.8, 4) is 0 Å². The maximum Gasteiger partial charge on any atom is 0.306 e. The lowest BCUT2D eigenvalue weighted by Crippen LogP contribution is -2.40. The number of hydrogen-bond acceptors (Lipinski definition) is 4. The zero-order chi connectivity index (χ0) is 22.0. The minimum atomic E-state index is -0.794. The number of hydrogen-bond donors (Lipinski definition) is 2. The summed E-state index contributed by atoms with van der Waals surface area (Å²) in [6, 6.07) is 10.8. The molecule has 0 radical (unpaired) electrons. The standard InChI is InChI=1S/C24H28N2O5/c1-15-14-20(15)21-8-6-19(31-21)7-9-22(27)25-18-4-2-16(3-5-18)23(28)26-12-10-17(11-13-26)24(29)30/h2-6,8,15,17,20H,7,9-14H2,1H3,(H,25,27)(H,29,30). The predicted octanol–water partition coefficient (Wildman–Crippen LogP) is 3.91. The minimum absolute atomic E-state index is 0.104. The normalized spacial score (nSPS) is 21.0. The van der Waals surface area contributed by atoms with Gasteiger partial charge in [-0.25, -0.2) is 0 Å². The van der Waals surface area contributed by atoms with Crippen LogP contribution >= 0.6 is 0 Å². The average Bonchev–Trinajstić information content (AvgIpc) is 3.31. The summed E-state index contributed by atoms with van der Waals surface area (Å²) in [5.74, 6) is 1.70. The van der Waals surface area contributed by atoms with Crippen molar-refractivity contribution in [2.45, 2.75) is 44.9 Å². The highest BCUT2D eigenvalue weighted by atomic mass is 16.4. The fourth-order valence-corrected chi connectivity index (χ4v) is 4.12. The molecule has 1 aromatic carbocycles. The van der Waals surface area contributed by atoms with E-state index < -0.39 is 5.97 Å². The maximum absolute atomic E-state index is 12.6. The van der Waals surface area contributed by atoms with Gasteiger partial charge in [0.05, 0.1) is 5.92 Å². The molecule has 2 atom stereocenters. The number of carboxylic acid groups (broad SMARTS) is 1. The molecule has 2 fully saturated rings. The fraction of sp³-hybridized carbons (Fsp3) is 0.458. The van der Waals surface area contributed by atoms with Crippen LogP contribution < -0.4 is 5.32 Å². The van der Waals surface area contributed by atoms with E-state index in [1.165, 1.54) is 6.42 Å². The number of piperidine rings is 1. The van der Waals surface area contributed by atoms with E-state index in [4.69, 9.17) is 9.52 Å². The number of aliphatic carboxylic acids is 1. The van der Waals surface area contributed by atoms with E-state index in [1.807, 2.05) is 12.1 Å². The second kappa shape index (κ2) is 8.96. The molecule has 1 aliphatic heterocycles. The topological polar surface area (TPSA) is 99.9 Å². The Balaban J connectivity index is 1.24. The molecular formula is C24H28N2O5. The number of rotatable bonds is 7. The zero-order valence-corrected chi connectivity index (χ0v) is 17.7. The Morgan fingerprint density at radius 1 is 1.10 bits per heavy atom. The van der Waals surface area contributed by atoms with Crippen molar-refractivity contribution >= 4 is 23.5 Å². The fourth-order valence-electron chi connectivity index (χ4n) is 4.12. The number of carbonyl (C=O) groups is 3. The van der Waals surface area contributed by atoms with Gasteiger partial charge in [0.25, 0.3) is 5.91 Å². The van der Waals surface area contributed by atoms with Crippen LogP contribution in [0, 0.1) is 11.8 Å². The molecule has 0 bridgehead atoms. The van der Waals surface area contributed by atoms with Crippen LogP contribution in [-0.4, -0.2) is 40.9 Å². The number of anilines is 1. The van der Waals surface area contributed by atoms with Crippen molar-refractivity contribution in [1.29, 1.82) is 0 Å². The molecule has 1 saturated carbocycles. The molecule has 2 aliphatic rings. The van der Waals surface area contributed by atoms with Crippen LogP contribution in [0.25, 0.3) is 0 Å². The molecule has 7 heteroatoms. The lowest BCUT2D eigenvalue weighted by Gasteiger charge is -2.30. The molecule has 2 N–H and O–H groups in total. The number of benzene rings is 1. The summed E-state index contributed by atoms with van der Waals surface area (Å²) < 4.78 is 5.84. The number of carbonyl (C=O) groups excluding carboxylic acids is 2. The summed E-state index contributed by atoms with van der Waals surface area (Å²) >= 11 is 0. The van der Waals surface area contributed by atoms with E-state index in [0.717, 1.165) is 11.5 Å². The molecule has 0 spiro atoms. The highest BCUT2D eigenvalue weighted by Gasteiger charge is 2.36. The molecule has 1 aliphatic carbocycles. The van der Waals surface area contributed by atoms with Gasteiger partial charge < -0.3 is 19.7 Å². The minimum Gasteiger partial charge on any atom is -0.481 e. The Hall–Kier alpha value is -3.09. The summed E-state index contributed by atoms with van der Waals surface area (Å²) in [5, 5.41) is 11.9. The first-order chi connectivity index (χ1) is 14.9. The first-order valence-corrected chi connectivity index (χ1v) is 10.9. The summed E-state index contributed by atoms with van der Waals surface area (Å²) in [7, 11) is 0. The first-order valence-electron chi connectivity index (χ1n) is 10.9. The Bertz CT molecular complexity index is 957. The number of aryl methyl sites for hydroxylation is 1. The third-order valence-corrected chi connectivity index (χ3v) is 6.30. The molecule has 4 rings (SSSR count). The van der Waals surface area contributed by atoms with Gasteiger partial charge in [-0.05, 0) is 61.6 Å². The van der Waals surface area contributed by atoms with Gasteiger partial charge in [0.2, 0.25) is 5.91 Å². The number of nitrogens with one attached hydrogen (secondary N) is 1. The zero-order valence-electron chi connectivity index (χ0n) is 17.7. The predicted molar refractivity (Wildman–Crippen MR) is 115 cm³/mol. The second-order valence-electron chi connectivity index (χ2n) is 8.65. The SMILES string of the molecule is CC1CC1c1ccc(CCC(=O)Nc2ccc(C(=O)N3CCC(C(=O)O)CC3)cc2)o1. The maximum atomic E-state index is 12.6. The Morgan fingerprint density at radius 3 is 2.39 bits per heavy atom. The lowest BCUT2D eigenvalue weighted by molar-refractivity contribution is -0.143. The van der Waals surface area contributed by atoms with Gasteiger partial charge in [-0.2, -0.15) is 0 Å². The summed E-state index contributed by atoms with van der Waals surface area (Å²) in [6.07, 6.45) is 3.01. The molecule has 1 aromatic heterocycles. The largest absolute Gasteiger partial charge is 0.481 e. The molecule has 2 aromatic rings. The third-order valence-electron chi connectivity index (χ3n) is 6.30. The van der Waals surface area contributed by atoms with E-state index in [9.17, 15) is 14.4 Å². The van der Waals surface area contributed by atoms with Crippen LogP contribution in [0.15, 0.2) is 40.8 Å². The average molecular weight is 424 g/mol. The van der Waals surface area contributed by atoms with E-state index in [2.05, 4.69) is 12.2 Å². The van der Waals surface area contributed by atoms with E-state index >= 15 is 0 Å². The molecule has 7 nitrogen and oxygen atoms in total. The van der Waals surface area contributed by atoms with Crippen LogP contribution in [-0.2, 0) is 16.0 Å². The Labute approximate surface area is 181 Å².